The van der Waals surface area contributed by atoms with Crippen LogP contribution in [0.1, 0.15) is 31.9 Å². The van der Waals surface area contributed by atoms with E-state index in [1.54, 1.807) is 6.20 Å². The van der Waals surface area contributed by atoms with E-state index in [-0.39, 0.29) is 11.1 Å². The van der Waals surface area contributed by atoms with Gasteiger partial charge >= 0.3 is 6.18 Å². The molecular formula is C18H17F3N2. The van der Waals surface area contributed by atoms with Crippen LogP contribution in [-0.2, 0) is 11.6 Å². The Kier molecular flexibility index (Phi) is 3.47. The number of imidazole rings is 1. The third-order valence-corrected chi connectivity index (χ3v) is 3.88. The Bertz CT molecular complexity index is 837. The monoisotopic (exact) mass is 318 g/mol. The van der Waals surface area contributed by atoms with Crippen LogP contribution in [0.15, 0.2) is 48.9 Å². The first kappa shape index (κ1) is 15.6. The van der Waals surface area contributed by atoms with Crippen LogP contribution in [0.3, 0.4) is 0 Å². The smallest absolute Gasteiger partial charge is 0.306 e. The lowest BCUT2D eigenvalue weighted by molar-refractivity contribution is -0.136. The molecule has 0 amide bonds. The molecule has 0 radical (unpaired) electrons. The first-order valence-electron chi connectivity index (χ1n) is 7.31. The summed E-state index contributed by atoms with van der Waals surface area (Å²) in [5.74, 6) is 0. The quantitative estimate of drug-likeness (QED) is 0.594. The van der Waals surface area contributed by atoms with Crippen molar-refractivity contribution >= 4 is 5.65 Å². The van der Waals surface area contributed by atoms with Gasteiger partial charge in [-0.3, -0.25) is 0 Å². The lowest BCUT2D eigenvalue weighted by Gasteiger charge is -2.19. The summed E-state index contributed by atoms with van der Waals surface area (Å²) in [7, 11) is 0. The molecule has 2 heterocycles. The number of fused-ring (bicyclic) bond motifs is 1. The maximum absolute atomic E-state index is 13.3. The average molecular weight is 318 g/mol. The molecule has 23 heavy (non-hydrogen) atoms. The molecule has 0 spiro atoms. The molecule has 1 aromatic carbocycles. The van der Waals surface area contributed by atoms with Crippen molar-refractivity contribution in [3.63, 3.8) is 0 Å². The predicted molar refractivity (Wildman–Crippen MR) is 84.3 cm³/mol. The van der Waals surface area contributed by atoms with Gasteiger partial charge in [0.1, 0.15) is 5.65 Å². The van der Waals surface area contributed by atoms with Crippen molar-refractivity contribution in [1.82, 2.24) is 9.38 Å². The van der Waals surface area contributed by atoms with E-state index < -0.39 is 11.7 Å². The summed E-state index contributed by atoms with van der Waals surface area (Å²) in [4.78, 5) is 3.81. The van der Waals surface area contributed by atoms with Gasteiger partial charge in [-0.1, -0.05) is 45.0 Å². The number of aromatic nitrogens is 2. The molecule has 2 nitrogen and oxygen atoms in total. The SMILES string of the molecule is CC(C)(C)c1ccc(-c2cc(C(F)(F)F)c3nccn3c2)cc1. The third-order valence-electron chi connectivity index (χ3n) is 3.88. The van der Waals surface area contributed by atoms with Crippen molar-refractivity contribution in [2.24, 2.45) is 0 Å². The number of hydrogen-bond acceptors (Lipinski definition) is 1. The molecule has 2 aromatic heterocycles. The van der Waals surface area contributed by atoms with Crippen LogP contribution >= 0.6 is 0 Å². The van der Waals surface area contributed by atoms with Crippen molar-refractivity contribution in [1.29, 1.82) is 0 Å². The molecule has 0 atom stereocenters. The highest BCUT2D eigenvalue weighted by atomic mass is 19.4. The molecule has 0 N–H and O–H groups in total. The molecule has 0 unspecified atom stereocenters. The summed E-state index contributed by atoms with van der Waals surface area (Å²) in [5, 5.41) is 0. The van der Waals surface area contributed by atoms with E-state index in [2.05, 4.69) is 25.8 Å². The molecule has 120 valence electrons. The van der Waals surface area contributed by atoms with Gasteiger partial charge in [0.2, 0.25) is 0 Å². The summed E-state index contributed by atoms with van der Waals surface area (Å²) < 4.78 is 41.2. The minimum Gasteiger partial charge on any atom is -0.306 e. The molecular weight excluding hydrogens is 301 g/mol. The van der Waals surface area contributed by atoms with Crippen molar-refractivity contribution < 1.29 is 13.2 Å². The molecule has 0 aliphatic rings. The molecule has 0 aliphatic heterocycles. The maximum atomic E-state index is 13.3. The Morgan fingerprint density at radius 3 is 2.17 bits per heavy atom. The van der Waals surface area contributed by atoms with E-state index in [1.807, 2.05) is 24.3 Å². The number of alkyl halides is 3. The van der Waals surface area contributed by atoms with Crippen LogP contribution in [-0.4, -0.2) is 9.38 Å². The van der Waals surface area contributed by atoms with Gasteiger partial charge in [0.15, 0.2) is 0 Å². The highest BCUT2D eigenvalue weighted by Crippen LogP contribution is 2.35. The van der Waals surface area contributed by atoms with Gasteiger partial charge in [0.25, 0.3) is 0 Å². The normalized spacial score (nSPS) is 12.8. The average Bonchev–Trinajstić information content (AvgIpc) is 2.92. The number of rotatable bonds is 1. The van der Waals surface area contributed by atoms with Gasteiger partial charge in [0.05, 0.1) is 5.56 Å². The van der Waals surface area contributed by atoms with Crippen molar-refractivity contribution in [2.45, 2.75) is 32.4 Å². The summed E-state index contributed by atoms with van der Waals surface area (Å²) in [5.41, 5.74) is 1.61. The summed E-state index contributed by atoms with van der Waals surface area (Å²) in [6.07, 6.45) is 0.131. The fourth-order valence-electron chi connectivity index (χ4n) is 2.56. The number of benzene rings is 1. The van der Waals surface area contributed by atoms with E-state index in [4.69, 9.17) is 0 Å². The van der Waals surface area contributed by atoms with Crippen LogP contribution in [0.4, 0.5) is 13.2 Å². The zero-order valence-electron chi connectivity index (χ0n) is 13.1. The largest absolute Gasteiger partial charge is 0.420 e. The van der Waals surface area contributed by atoms with Crippen LogP contribution < -0.4 is 0 Å². The number of nitrogens with zero attached hydrogens (tertiary/aromatic N) is 2. The third kappa shape index (κ3) is 2.96. The standard InChI is InChI=1S/C18H17F3N2/c1-17(2,3)14-6-4-12(5-7-14)13-10-15(18(19,20)21)16-22-8-9-23(16)11-13/h4-11H,1-3H3. The van der Waals surface area contributed by atoms with Crippen LogP contribution in [0.25, 0.3) is 16.8 Å². The first-order chi connectivity index (χ1) is 10.7. The molecule has 0 bridgehead atoms. The first-order valence-corrected chi connectivity index (χ1v) is 7.31. The minimum atomic E-state index is -4.44. The summed E-state index contributed by atoms with van der Waals surface area (Å²) in [6.45, 7) is 6.30. The van der Waals surface area contributed by atoms with Crippen molar-refractivity contribution in [3.05, 3.63) is 60.0 Å². The van der Waals surface area contributed by atoms with Crippen LogP contribution in [0.5, 0.6) is 0 Å². The highest BCUT2D eigenvalue weighted by Gasteiger charge is 2.34. The molecule has 5 heteroatoms. The van der Waals surface area contributed by atoms with Gasteiger partial charge in [0, 0.05) is 18.6 Å². The molecule has 0 aliphatic carbocycles. The van der Waals surface area contributed by atoms with E-state index >= 15 is 0 Å². The molecule has 0 saturated heterocycles. The second kappa shape index (κ2) is 5.11. The fourth-order valence-corrected chi connectivity index (χ4v) is 2.56. The lowest BCUT2D eigenvalue weighted by atomic mass is 9.86. The molecule has 3 rings (SSSR count). The highest BCUT2D eigenvalue weighted by molar-refractivity contribution is 5.68. The Balaban J connectivity index is 2.13. The summed E-state index contributed by atoms with van der Waals surface area (Å²) >= 11 is 0. The van der Waals surface area contributed by atoms with Crippen molar-refractivity contribution in [3.8, 4) is 11.1 Å². The molecule has 0 fully saturated rings. The Labute approximate surface area is 132 Å². The summed E-state index contributed by atoms with van der Waals surface area (Å²) in [6, 6.07) is 8.80. The maximum Gasteiger partial charge on any atom is 0.420 e. The van der Waals surface area contributed by atoms with E-state index in [9.17, 15) is 13.2 Å². The second-order valence-corrected chi connectivity index (χ2v) is 6.63. The van der Waals surface area contributed by atoms with Crippen LogP contribution in [0, 0.1) is 0 Å². The van der Waals surface area contributed by atoms with Gasteiger partial charge in [-0.05, 0) is 28.2 Å². The van der Waals surface area contributed by atoms with E-state index in [0.717, 1.165) is 17.2 Å². The zero-order valence-corrected chi connectivity index (χ0v) is 13.1. The minimum absolute atomic E-state index is 0.00393. The predicted octanol–water partition coefficient (Wildman–Crippen LogP) is 5.32. The van der Waals surface area contributed by atoms with Gasteiger partial charge in [-0.25, -0.2) is 4.98 Å². The Morgan fingerprint density at radius 2 is 1.61 bits per heavy atom. The Hall–Kier alpha value is -2.30. The number of pyridine rings is 1. The zero-order chi connectivity index (χ0) is 16.8. The van der Waals surface area contributed by atoms with E-state index in [1.165, 1.54) is 16.8 Å². The number of halogens is 3. The molecule has 3 aromatic rings. The van der Waals surface area contributed by atoms with E-state index in [0.29, 0.717) is 5.56 Å². The topological polar surface area (TPSA) is 17.3 Å². The number of hydrogen-bond donors (Lipinski definition) is 0. The van der Waals surface area contributed by atoms with Crippen LogP contribution in [0.2, 0.25) is 0 Å². The molecule has 0 saturated carbocycles. The van der Waals surface area contributed by atoms with Gasteiger partial charge in [-0.15, -0.1) is 0 Å². The van der Waals surface area contributed by atoms with Gasteiger partial charge in [-0.2, -0.15) is 13.2 Å². The second-order valence-electron chi connectivity index (χ2n) is 6.63. The Morgan fingerprint density at radius 1 is 0.957 bits per heavy atom. The van der Waals surface area contributed by atoms with Gasteiger partial charge < -0.3 is 4.40 Å². The fraction of sp³-hybridized carbons (Fsp3) is 0.278. The van der Waals surface area contributed by atoms with Crippen molar-refractivity contribution in [2.75, 3.05) is 0 Å². The lowest BCUT2D eigenvalue weighted by Crippen LogP contribution is -2.10.